The van der Waals surface area contributed by atoms with Gasteiger partial charge in [-0.25, -0.2) is 4.98 Å². The van der Waals surface area contributed by atoms with Gasteiger partial charge < -0.3 is 20.0 Å². The predicted octanol–water partition coefficient (Wildman–Crippen LogP) is 0.957. The first-order chi connectivity index (χ1) is 12.2. The van der Waals surface area contributed by atoms with Crippen molar-refractivity contribution in [1.29, 1.82) is 0 Å². The molecule has 8 nitrogen and oxygen atoms in total. The Morgan fingerprint density at radius 1 is 1.08 bits per heavy atom. The molecule has 3 rings (SSSR count). The van der Waals surface area contributed by atoms with Gasteiger partial charge in [0.25, 0.3) is 0 Å². The molecule has 1 saturated heterocycles. The Morgan fingerprint density at radius 3 is 2.52 bits per heavy atom. The maximum atomic E-state index is 4.60. The van der Waals surface area contributed by atoms with E-state index in [2.05, 4.69) is 60.3 Å². The van der Waals surface area contributed by atoms with E-state index in [1.807, 2.05) is 18.3 Å². The number of hydrogen-bond donors (Lipinski definition) is 1. The van der Waals surface area contributed by atoms with E-state index in [0.29, 0.717) is 5.95 Å². The molecule has 0 bridgehead atoms. The van der Waals surface area contributed by atoms with E-state index in [1.165, 1.54) is 0 Å². The van der Waals surface area contributed by atoms with Gasteiger partial charge in [-0.15, -0.1) is 5.10 Å². The predicted molar refractivity (Wildman–Crippen MR) is 100 cm³/mol. The van der Waals surface area contributed by atoms with Crippen LogP contribution in [0.3, 0.4) is 0 Å². The van der Waals surface area contributed by atoms with Crippen molar-refractivity contribution in [3.05, 3.63) is 30.6 Å². The lowest BCUT2D eigenvalue weighted by molar-refractivity contribution is 0.405. The first-order valence-electron chi connectivity index (χ1n) is 8.71. The minimum absolute atomic E-state index is 0.600. The highest BCUT2D eigenvalue weighted by Gasteiger charge is 2.19. The van der Waals surface area contributed by atoms with Crippen LogP contribution in [0.1, 0.15) is 6.42 Å². The van der Waals surface area contributed by atoms with E-state index >= 15 is 0 Å². The monoisotopic (exact) mass is 342 g/mol. The lowest BCUT2D eigenvalue weighted by Crippen LogP contribution is -2.47. The molecular formula is C17H26N8. The standard InChI is InChI=1S/C17H26N8/c1-23(2)9-5-8-19-17-21-16(14-20-22-17)25-12-10-24(11-13-25)15-6-3-4-7-18-15/h3-4,6-7,14H,5,8-13H2,1-2H3,(H,19,21,22). The van der Waals surface area contributed by atoms with Crippen LogP contribution in [0.15, 0.2) is 30.6 Å². The van der Waals surface area contributed by atoms with Gasteiger partial charge in [0.05, 0.1) is 6.20 Å². The van der Waals surface area contributed by atoms with Gasteiger partial charge in [-0.2, -0.15) is 10.1 Å². The molecule has 0 unspecified atom stereocenters. The highest BCUT2D eigenvalue weighted by atomic mass is 15.3. The molecule has 1 aliphatic heterocycles. The van der Waals surface area contributed by atoms with Crippen LogP contribution in [0.25, 0.3) is 0 Å². The smallest absolute Gasteiger partial charge is 0.244 e. The van der Waals surface area contributed by atoms with E-state index in [1.54, 1.807) is 6.20 Å². The van der Waals surface area contributed by atoms with Crippen molar-refractivity contribution in [2.24, 2.45) is 0 Å². The number of nitrogens with one attached hydrogen (secondary N) is 1. The van der Waals surface area contributed by atoms with Crippen LogP contribution < -0.4 is 15.1 Å². The minimum atomic E-state index is 0.600. The number of rotatable bonds is 7. The first-order valence-corrected chi connectivity index (χ1v) is 8.71. The van der Waals surface area contributed by atoms with Crippen molar-refractivity contribution in [1.82, 2.24) is 25.1 Å². The Kier molecular flexibility index (Phi) is 5.95. The quantitative estimate of drug-likeness (QED) is 0.746. The van der Waals surface area contributed by atoms with Gasteiger partial charge >= 0.3 is 0 Å². The Balaban J connectivity index is 1.52. The van der Waals surface area contributed by atoms with Crippen molar-refractivity contribution in [3.8, 4) is 0 Å². The van der Waals surface area contributed by atoms with Gasteiger partial charge in [0.15, 0.2) is 5.82 Å². The summed E-state index contributed by atoms with van der Waals surface area (Å²) in [6.07, 6.45) is 4.62. The van der Waals surface area contributed by atoms with E-state index in [4.69, 9.17) is 0 Å². The fourth-order valence-electron chi connectivity index (χ4n) is 2.82. The fourth-order valence-corrected chi connectivity index (χ4v) is 2.82. The second kappa shape index (κ2) is 8.57. The number of hydrogen-bond acceptors (Lipinski definition) is 8. The van der Waals surface area contributed by atoms with Gasteiger partial charge in [0.1, 0.15) is 5.82 Å². The number of pyridine rings is 1. The molecule has 0 spiro atoms. The average molecular weight is 342 g/mol. The molecular weight excluding hydrogens is 316 g/mol. The molecule has 1 N–H and O–H groups in total. The minimum Gasteiger partial charge on any atom is -0.353 e. The second-order valence-electron chi connectivity index (χ2n) is 6.38. The van der Waals surface area contributed by atoms with Crippen LogP contribution in [0, 0.1) is 0 Å². The lowest BCUT2D eigenvalue weighted by atomic mass is 10.3. The van der Waals surface area contributed by atoms with Crippen LogP contribution in [-0.2, 0) is 0 Å². The van der Waals surface area contributed by atoms with Crippen LogP contribution >= 0.6 is 0 Å². The Morgan fingerprint density at radius 2 is 1.84 bits per heavy atom. The van der Waals surface area contributed by atoms with Crippen LogP contribution in [0.5, 0.6) is 0 Å². The molecule has 8 heteroatoms. The number of piperazine rings is 1. The Bertz CT molecular complexity index is 640. The summed E-state index contributed by atoms with van der Waals surface area (Å²) >= 11 is 0. The molecule has 0 saturated carbocycles. The first kappa shape index (κ1) is 17.3. The third-order valence-electron chi connectivity index (χ3n) is 4.19. The highest BCUT2D eigenvalue weighted by Crippen LogP contribution is 2.17. The summed E-state index contributed by atoms with van der Waals surface area (Å²) < 4.78 is 0. The molecule has 0 atom stereocenters. The van der Waals surface area contributed by atoms with E-state index in [-0.39, 0.29) is 0 Å². The van der Waals surface area contributed by atoms with Crippen molar-refractivity contribution in [2.75, 3.05) is 68.5 Å². The molecule has 0 amide bonds. The zero-order valence-corrected chi connectivity index (χ0v) is 15.0. The molecule has 2 aromatic rings. The molecule has 0 aromatic carbocycles. The maximum absolute atomic E-state index is 4.60. The second-order valence-corrected chi connectivity index (χ2v) is 6.38. The average Bonchev–Trinajstić information content (AvgIpc) is 2.66. The molecule has 0 aliphatic carbocycles. The zero-order chi connectivity index (χ0) is 17.5. The largest absolute Gasteiger partial charge is 0.353 e. The van der Waals surface area contributed by atoms with E-state index in [9.17, 15) is 0 Å². The summed E-state index contributed by atoms with van der Waals surface area (Å²) in [6.45, 7) is 5.52. The molecule has 25 heavy (non-hydrogen) atoms. The highest BCUT2D eigenvalue weighted by molar-refractivity contribution is 5.45. The van der Waals surface area contributed by atoms with Crippen LogP contribution in [-0.4, -0.2) is 78.4 Å². The van der Waals surface area contributed by atoms with Gasteiger partial charge in [-0.3, -0.25) is 0 Å². The molecule has 1 fully saturated rings. The van der Waals surface area contributed by atoms with Gasteiger partial charge in [-0.1, -0.05) is 6.07 Å². The summed E-state index contributed by atoms with van der Waals surface area (Å²) in [5, 5.41) is 11.4. The Hall–Kier alpha value is -2.48. The maximum Gasteiger partial charge on any atom is 0.244 e. The summed E-state index contributed by atoms with van der Waals surface area (Å²) in [7, 11) is 4.15. The molecule has 2 aromatic heterocycles. The fraction of sp³-hybridized carbons (Fsp3) is 0.529. The molecule has 3 heterocycles. The van der Waals surface area contributed by atoms with E-state index in [0.717, 1.165) is 57.3 Å². The van der Waals surface area contributed by atoms with Crippen molar-refractivity contribution in [3.63, 3.8) is 0 Å². The summed E-state index contributed by atoms with van der Waals surface area (Å²) in [6, 6.07) is 6.02. The topological polar surface area (TPSA) is 73.3 Å². The van der Waals surface area contributed by atoms with E-state index < -0.39 is 0 Å². The third-order valence-corrected chi connectivity index (χ3v) is 4.19. The summed E-state index contributed by atoms with van der Waals surface area (Å²) in [4.78, 5) is 15.7. The van der Waals surface area contributed by atoms with Crippen molar-refractivity contribution >= 4 is 17.6 Å². The number of nitrogens with zero attached hydrogens (tertiary/aromatic N) is 7. The lowest BCUT2D eigenvalue weighted by Gasteiger charge is -2.35. The zero-order valence-electron chi connectivity index (χ0n) is 15.0. The summed E-state index contributed by atoms with van der Waals surface area (Å²) in [5.41, 5.74) is 0. The van der Waals surface area contributed by atoms with Gasteiger partial charge in [-0.05, 0) is 39.2 Å². The van der Waals surface area contributed by atoms with Gasteiger partial charge in [0, 0.05) is 38.9 Å². The number of aromatic nitrogens is 4. The Labute approximate surface area is 148 Å². The van der Waals surface area contributed by atoms with Crippen LogP contribution in [0.2, 0.25) is 0 Å². The number of anilines is 3. The summed E-state index contributed by atoms with van der Waals surface area (Å²) in [5.74, 6) is 2.51. The normalized spacial score (nSPS) is 14.8. The molecule has 0 radical (unpaired) electrons. The third kappa shape index (κ3) is 4.99. The SMILES string of the molecule is CN(C)CCCNc1nncc(N2CCN(c3ccccn3)CC2)n1. The van der Waals surface area contributed by atoms with Gasteiger partial charge in [0.2, 0.25) is 5.95 Å². The van der Waals surface area contributed by atoms with Crippen molar-refractivity contribution < 1.29 is 0 Å². The van der Waals surface area contributed by atoms with Crippen molar-refractivity contribution in [2.45, 2.75) is 6.42 Å². The molecule has 134 valence electrons. The van der Waals surface area contributed by atoms with Crippen LogP contribution in [0.4, 0.5) is 17.6 Å². The molecule has 1 aliphatic rings.